The number of nitrogens with zero attached hydrogens (tertiary/aromatic N) is 3. The molecule has 0 aromatic carbocycles. The van der Waals surface area contributed by atoms with Crippen molar-refractivity contribution in [3.63, 3.8) is 0 Å². The molecular weight excluding hydrogens is 320 g/mol. The second-order valence-electron chi connectivity index (χ2n) is 5.14. The number of carbonyl (C=O) groups is 1. The quantitative estimate of drug-likeness (QED) is 0.916. The maximum atomic E-state index is 12.8. The predicted octanol–water partition coefficient (Wildman–Crippen LogP) is 2.88. The number of aryl methyl sites for hydroxylation is 1. The summed E-state index contributed by atoms with van der Waals surface area (Å²) in [6.45, 7) is 0.785. The number of hydrogen-bond acceptors (Lipinski definition) is 2. The lowest BCUT2D eigenvalue weighted by Crippen LogP contribution is -2.39. The number of carbonyl (C=O) groups excluding carboxylic acids is 1. The number of H-pyrrole nitrogens is 1. The van der Waals surface area contributed by atoms with E-state index in [-0.39, 0.29) is 11.9 Å². The van der Waals surface area contributed by atoms with Crippen molar-refractivity contribution in [2.75, 3.05) is 6.54 Å². The van der Waals surface area contributed by atoms with Crippen LogP contribution < -0.4 is 0 Å². The summed E-state index contributed by atoms with van der Waals surface area (Å²) in [4.78, 5) is 22.2. The van der Waals surface area contributed by atoms with Crippen molar-refractivity contribution in [2.45, 2.75) is 25.3 Å². The summed E-state index contributed by atoms with van der Waals surface area (Å²) in [6.07, 6.45) is 8.60. The number of rotatable bonds is 2. The van der Waals surface area contributed by atoms with Gasteiger partial charge in [-0.25, -0.2) is 4.98 Å². The lowest BCUT2D eigenvalue weighted by Gasteiger charge is -2.34. The molecule has 3 rings (SSSR count). The van der Waals surface area contributed by atoms with Gasteiger partial charge in [-0.2, -0.15) is 0 Å². The summed E-state index contributed by atoms with van der Waals surface area (Å²) in [7, 11) is 1.89. The Morgan fingerprint density at radius 2 is 2.35 bits per heavy atom. The van der Waals surface area contributed by atoms with Gasteiger partial charge < -0.3 is 14.5 Å². The molecule has 106 valence electrons. The summed E-state index contributed by atoms with van der Waals surface area (Å²) in [5.41, 5.74) is 0.704. The third-order valence-electron chi connectivity index (χ3n) is 3.79. The third kappa shape index (κ3) is 2.40. The minimum absolute atomic E-state index is 0.0555. The number of hydrogen-bond donors (Lipinski definition) is 1. The maximum Gasteiger partial charge on any atom is 0.271 e. The highest BCUT2D eigenvalue weighted by molar-refractivity contribution is 9.10. The van der Waals surface area contributed by atoms with Gasteiger partial charge in [0.25, 0.3) is 5.91 Å². The molecule has 0 spiro atoms. The molecule has 1 N–H and O–H groups in total. The molecule has 0 aliphatic carbocycles. The fourth-order valence-corrected chi connectivity index (χ4v) is 3.33. The van der Waals surface area contributed by atoms with Gasteiger partial charge >= 0.3 is 0 Å². The number of piperidine rings is 1. The summed E-state index contributed by atoms with van der Waals surface area (Å²) in [5.74, 6) is 0.950. The molecule has 3 heterocycles. The van der Waals surface area contributed by atoms with E-state index in [1.165, 1.54) is 0 Å². The Morgan fingerprint density at radius 1 is 1.50 bits per heavy atom. The molecule has 0 saturated carbocycles. The van der Waals surface area contributed by atoms with Crippen molar-refractivity contribution in [1.29, 1.82) is 0 Å². The summed E-state index contributed by atoms with van der Waals surface area (Å²) in [6, 6.07) is 1.93. The largest absolute Gasteiger partial charge is 0.347 e. The predicted molar refractivity (Wildman–Crippen MR) is 79.3 cm³/mol. The fourth-order valence-electron chi connectivity index (χ4n) is 2.80. The van der Waals surface area contributed by atoms with Crippen molar-refractivity contribution in [3.8, 4) is 0 Å². The van der Waals surface area contributed by atoms with Gasteiger partial charge in [0.1, 0.15) is 11.5 Å². The second kappa shape index (κ2) is 5.44. The van der Waals surface area contributed by atoms with E-state index in [0.29, 0.717) is 5.69 Å². The summed E-state index contributed by atoms with van der Waals surface area (Å²) < 4.78 is 2.79. The Labute approximate surface area is 126 Å². The minimum atomic E-state index is 0.0555. The van der Waals surface area contributed by atoms with Gasteiger partial charge in [0.05, 0.1) is 6.04 Å². The molecule has 0 radical (unpaired) electrons. The van der Waals surface area contributed by atoms with Crippen molar-refractivity contribution < 1.29 is 4.79 Å². The molecule has 1 unspecified atom stereocenters. The summed E-state index contributed by atoms with van der Waals surface area (Å²) >= 11 is 3.42. The van der Waals surface area contributed by atoms with E-state index in [1.54, 1.807) is 6.20 Å². The zero-order chi connectivity index (χ0) is 14.1. The molecule has 20 heavy (non-hydrogen) atoms. The zero-order valence-electron chi connectivity index (χ0n) is 11.3. The molecule has 1 atom stereocenters. The lowest BCUT2D eigenvalue weighted by molar-refractivity contribution is 0.0591. The van der Waals surface area contributed by atoms with Crippen molar-refractivity contribution >= 4 is 21.8 Å². The van der Waals surface area contributed by atoms with Gasteiger partial charge in [0.2, 0.25) is 0 Å². The number of amides is 1. The van der Waals surface area contributed by atoms with Crippen LogP contribution in [0.1, 0.15) is 41.6 Å². The number of aromatic amines is 1. The zero-order valence-corrected chi connectivity index (χ0v) is 12.9. The first-order chi connectivity index (χ1) is 9.66. The van der Waals surface area contributed by atoms with Crippen LogP contribution in [-0.2, 0) is 7.05 Å². The Kier molecular flexibility index (Phi) is 3.65. The molecule has 5 nitrogen and oxygen atoms in total. The van der Waals surface area contributed by atoms with E-state index >= 15 is 0 Å². The topological polar surface area (TPSA) is 53.9 Å². The highest BCUT2D eigenvalue weighted by Crippen LogP contribution is 2.30. The van der Waals surface area contributed by atoms with Gasteiger partial charge in [-0.3, -0.25) is 4.79 Å². The molecule has 1 amide bonds. The molecule has 6 heteroatoms. The van der Waals surface area contributed by atoms with Crippen molar-refractivity contribution in [2.24, 2.45) is 7.05 Å². The third-order valence-corrected chi connectivity index (χ3v) is 4.22. The maximum absolute atomic E-state index is 12.8. The van der Waals surface area contributed by atoms with Crippen LogP contribution in [0.2, 0.25) is 0 Å². The minimum Gasteiger partial charge on any atom is -0.347 e. The van der Waals surface area contributed by atoms with E-state index < -0.39 is 0 Å². The lowest BCUT2D eigenvalue weighted by atomic mass is 10.0. The molecule has 0 bridgehead atoms. The molecular formula is C14H17BrN4O. The Hall–Kier alpha value is -1.56. The monoisotopic (exact) mass is 336 g/mol. The van der Waals surface area contributed by atoms with Crippen LogP contribution in [0, 0.1) is 0 Å². The molecule has 1 aliphatic heterocycles. The first-order valence-electron chi connectivity index (χ1n) is 6.79. The second-order valence-corrected chi connectivity index (χ2v) is 6.05. The normalized spacial score (nSPS) is 19.3. The molecule has 2 aromatic heterocycles. The van der Waals surface area contributed by atoms with E-state index in [4.69, 9.17) is 0 Å². The molecule has 1 saturated heterocycles. The van der Waals surface area contributed by atoms with Crippen LogP contribution in [0.3, 0.4) is 0 Å². The van der Waals surface area contributed by atoms with Crippen LogP contribution in [0.5, 0.6) is 0 Å². The van der Waals surface area contributed by atoms with Crippen molar-refractivity contribution in [1.82, 2.24) is 19.4 Å². The van der Waals surface area contributed by atoms with E-state index in [1.807, 2.05) is 35.0 Å². The number of imidazole rings is 1. The van der Waals surface area contributed by atoms with Crippen LogP contribution in [-0.4, -0.2) is 31.9 Å². The smallest absolute Gasteiger partial charge is 0.271 e. The first-order valence-corrected chi connectivity index (χ1v) is 7.58. The van der Waals surface area contributed by atoms with Crippen LogP contribution in [0.4, 0.5) is 0 Å². The molecule has 2 aromatic rings. The first kappa shape index (κ1) is 13.4. The number of likely N-dealkylation sites (tertiary alicyclic amines) is 1. The van der Waals surface area contributed by atoms with Crippen molar-refractivity contribution in [3.05, 3.63) is 40.6 Å². The van der Waals surface area contributed by atoms with Gasteiger partial charge in [-0.15, -0.1) is 0 Å². The van der Waals surface area contributed by atoms with Gasteiger partial charge in [-0.1, -0.05) is 0 Å². The highest BCUT2D eigenvalue weighted by Gasteiger charge is 2.31. The highest BCUT2D eigenvalue weighted by atomic mass is 79.9. The van der Waals surface area contributed by atoms with Gasteiger partial charge in [0, 0.05) is 36.7 Å². The summed E-state index contributed by atoms with van der Waals surface area (Å²) in [5, 5.41) is 0. The van der Waals surface area contributed by atoms with Crippen LogP contribution >= 0.6 is 15.9 Å². The van der Waals surface area contributed by atoms with E-state index in [9.17, 15) is 4.79 Å². The van der Waals surface area contributed by atoms with Crippen LogP contribution in [0.25, 0.3) is 0 Å². The number of aromatic nitrogens is 3. The Morgan fingerprint density at radius 3 is 3.00 bits per heavy atom. The van der Waals surface area contributed by atoms with Gasteiger partial charge in [-0.05, 0) is 41.3 Å². The average Bonchev–Trinajstić information content (AvgIpc) is 3.07. The van der Waals surface area contributed by atoms with Crippen LogP contribution in [0.15, 0.2) is 29.1 Å². The number of nitrogens with one attached hydrogen (secondary N) is 1. The SMILES string of the molecule is Cn1cc(Br)cc1C(=O)N1CCCCC1c1ncc[nH]1. The Bertz CT molecular complexity index is 605. The Balaban J connectivity index is 1.90. The standard InChI is InChI=1S/C14H17BrN4O/c1-18-9-10(15)8-12(18)14(20)19-7-3-2-4-11(19)13-16-5-6-17-13/h5-6,8-9,11H,2-4,7H2,1H3,(H,16,17). The van der Waals surface area contributed by atoms with E-state index in [2.05, 4.69) is 25.9 Å². The number of halogens is 1. The molecule has 1 fully saturated rings. The molecule has 1 aliphatic rings. The van der Waals surface area contributed by atoms with E-state index in [0.717, 1.165) is 36.1 Å². The average molecular weight is 337 g/mol. The fraction of sp³-hybridized carbons (Fsp3) is 0.429. The van der Waals surface area contributed by atoms with Gasteiger partial charge in [0.15, 0.2) is 0 Å².